The molecule has 6 nitrogen and oxygen atoms in total. The lowest BCUT2D eigenvalue weighted by atomic mass is 10.1. The third kappa shape index (κ3) is 3.85. The topological polar surface area (TPSA) is 54.8 Å². The van der Waals surface area contributed by atoms with E-state index in [1.165, 1.54) is 0 Å². The van der Waals surface area contributed by atoms with Crippen LogP contribution in [0.5, 0.6) is 0 Å². The van der Waals surface area contributed by atoms with Crippen molar-refractivity contribution < 1.29 is 14.3 Å². The second-order valence-electron chi connectivity index (χ2n) is 8.51. The zero-order chi connectivity index (χ0) is 19.9. The minimum atomic E-state index is -0.589. The Balaban J connectivity index is 1.60. The minimum absolute atomic E-state index is 0.0371. The fourth-order valence-corrected chi connectivity index (χ4v) is 4.86. The van der Waals surface area contributed by atoms with E-state index in [9.17, 15) is 9.59 Å². The molecule has 150 valence electrons. The molecule has 3 heterocycles. The predicted molar refractivity (Wildman–Crippen MR) is 111 cm³/mol. The number of amides is 2. The van der Waals surface area contributed by atoms with Gasteiger partial charge in [0.1, 0.15) is 11.6 Å². The summed E-state index contributed by atoms with van der Waals surface area (Å²) in [6, 6.07) is 7.79. The predicted octanol–water partition coefficient (Wildman–Crippen LogP) is 3.72. The molecule has 4 rings (SSSR count). The van der Waals surface area contributed by atoms with Crippen molar-refractivity contribution in [3.8, 4) is 0 Å². The first kappa shape index (κ1) is 19.2. The van der Waals surface area contributed by atoms with E-state index in [1.54, 1.807) is 16.7 Å². The van der Waals surface area contributed by atoms with E-state index in [0.29, 0.717) is 18.8 Å². The molecule has 0 saturated carbocycles. The lowest BCUT2D eigenvalue weighted by molar-refractivity contribution is -0.134. The van der Waals surface area contributed by atoms with Gasteiger partial charge in [0, 0.05) is 31.2 Å². The van der Waals surface area contributed by atoms with Crippen LogP contribution in [0.2, 0.25) is 0 Å². The van der Waals surface area contributed by atoms with Gasteiger partial charge in [0.15, 0.2) is 0 Å². The van der Waals surface area contributed by atoms with Crippen LogP contribution in [-0.2, 0) is 9.53 Å². The Labute approximate surface area is 169 Å². The Bertz CT molecular complexity index is 849. The molecule has 2 amide bonds. The number of fused-ring (bicyclic) bond motifs is 1. The van der Waals surface area contributed by atoms with Gasteiger partial charge in [-0.15, -0.1) is 11.8 Å². The van der Waals surface area contributed by atoms with Gasteiger partial charge in [0.25, 0.3) is 0 Å². The number of likely N-dealkylation sites (tertiary alicyclic amines) is 1. The molecule has 0 bridgehead atoms. The molecule has 0 N–H and O–H groups in total. The highest BCUT2D eigenvalue weighted by Crippen LogP contribution is 2.33. The molecule has 2 aliphatic rings. The standard InChI is InChI=1S/C21H27N3O3S/c1-21(2,3)27-20(26)24-13-17(10-18(24)19(25)22-8-9-28-14-22)23-11-15-6-4-5-7-16(15)12-23/h4-7,11-12,17-18H,8-10,13-14H2,1-3H3/t17-,18-/m0/s1. The number of hydrogen-bond donors (Lipinski definition) is 0. The van der Waals surface area contributed by atoms with Crippen molar-refractivity contribution >= 4 is 34.5 Å². The number of aromatic nitrogens is 1. The third-order valence-electron chi connectivity index (χ3n) is 5.25. The fourth-order valence-electron chi connectivity index (χ4n) is 3.90. The number of thioether (sulfide) groups is 1. The summed E-state index contributed by atoms with van der Waals surface area (Å²) in [6.07, 6.45) is 4.41. The summed E-state index contributed by atoms with van der Waals surface area (Å²) in [5.74, 6) is 1.70. The number of hydrogen-bond acceptors (Lipinski definition) is 4. The lowest BCUT2D eigenvalue weighted by Crippen LogP contribution is -2.48. The average molecular weight is 402 g/mol. The van der Waals surface area contributed by atoms with Gasteiger partial charge in [-0.1, -0.05) is 24.3 Å². The molecule has 2 fully saturated rings. The highest BCUT2D eigenvalue weighted by Gasteiger charge is 2.44. The largest absolute Gasteiger partial charge is 0.444 e. The Hall–Kier alpha value is -2.15. The smallest absolute Gasteiger partial charge is 0.411 e. The Morgan fingerprint density at radius 1 is 1.14 bits per heavy atom. The van der Waals surface area contributed by atoms with Gasteiger partial charge in [-0.2, -0.15) is 0 Å². The molecule has 0 aliphatic carbocycles. The fraction of sp³-hybridized carbons (Fsp3) is 0.524. The van der Waals surface area contributed by atoms with Crippen LogP contribution in [-0.4, -0.2) is 62.7 Å². The first-order valence-corrected chi connectivity index (χ1v) is 10.9. The van der Waals surface area contributed by atoms with Crippen molar-refractivity contribution in [2.45, 2.75) is 44.9 Å². The number of rotatable bonds is 2. The first-order chi connectivity index (χ1) is 13.3. The van der Waals surface area contributed by atoms with Crippen molar-refractivity contribution in [3.05, 3.63) is 36.7 Å². The third-order valence-corrected chi connectivity index (χ3v) is 6.22. The summed E-state index contributed by atoms with van der Waals surface area (Å²) < 4.78 is 7.76. The normalized spacial score (nSPS) is 22.8. The summed E-state index contributed by atoms with van der Waals surface area (Å²) in [5, 5.41) is 2.33. The molecule has 2 atom stereocenters. The van der Waals surface area contributed by atoms with E-state index in [1.807, 2.05) is 37.8 Å². The van der Waals surface area contributed by atoms with Crippen molar-refractivity contribution in [3.63, 3.8) is 0 Å². The summed E-state index contributed by atoms with van der Waals surface area (Å²) in [7, 11) is 0. The first-order valence-electron chi connectivity index (χ1n) is 9.74. The molecule has 2 aromatic rings. The molecule has 0 spiro atoms. The SMILES string of the molecule is CC(C)(C)OC(=O)N1C[C@@H](n2cc3ccccc3c2)C[C@H]1C(=O)N1CCSC1. The Morgan fingerprint density at radius 2 is 1.82 bits per heavy atom. The molecule has 0 radical (unpaired) electrons. The average Bonchev–Trinajstić information content (AvgIpc) is 3.37. The second-order valence-corrected chi connectivity index (χ2v) is 9.59. The van der Waals surface area contributed by atoms with Gasteiger partial charge in [-0.05, 0) is 38.0 Å². The molecule has 0 unspecified atom stereocenters. The molecule has 28 heavy (non-hydrogen) atoms. The van der Waals surface area contributed by atoms with Crippen LogP contribution >= 0.6 is 11.8 Å². The van der Waals surface area contributed by atoms with Crippen LogP contribution in [0.3, 0.4) is 0 Å². The second kappa shape index (κ2) is 7.35. The summed E-state index contributed by atoms with van der Waals surface area (Å²) in [6.45, 7) is 6.79. The van der Waals surface area contributed by atoms with E-state index < -0.39 is 17.7 Å². The quantitative estimate of drug-likeness (QED) is 0.770. The van der Waals surface area contributed by atoms with Crippen molar-refractivity contribution in [2.24, 2.45) is 0 Å². The van der Waals surface area contributed by atoms with Crippen LogP contribution in [0.4, 0.5) is 4.79 Å². The summed E-state index contributed by atoms with van der Waals surface area (Å²) >= 11 is 1.75. The zero-order valence-electron chi connectivity index (χ0n) is 16.6. The maximum atomic E-state index is 13.1. The van der Waals surface area contributed by atoms with Gasteiger partial charge in [0.05, 0.1) is 11.9 Å². The molecular weight excluding hydrogens is 374 g/mol. The summed E-state index contributed by atoms with van der Waals surface area (Å²) in [5.41, 5.74) is -0.589. The van der Waals surface area contributed by atoms with E-state index in [-0.39, 0.29) is 11.9 Å². The number of carbonyl (C=O) groups excluding carboxylic acids is 2. The van der Waals surface area contributed by atoms with E-state index in [0.717, 1.165) is 23.1 Å². The highest BCUT2D eigenvalue weighted by molar-refractivity contribution is 7.99. The van der Waals surface area contributed by atoms with Gasteiger partial charge in [-0.25, -0.2) is 4.79 Å². The monoisotopic (exact) mass is 401 g/mol. The maximum Gasteiger partial charge on any atom is 0.411 e. The molecule has 1 aromatic heterocycles. The minimum Gasteiger partial charge on any atom is -0.444 e. The number of nitrogens with zero attached hydrogens (tertiary/aromatic N) is 3. The maximum absolute atomic E-state index is 13.1. The van der Waals surface area contributed by atoms with Crippen LogP contribution < -0.4 is 0 Å². The summed E-state index contributed by atoms with van der Waals surface area (Å²) in [4.78, 5) is 29.5. The van der Waals surface area contributed by atoms with Gasteiger partial charge in [0.2, 0.25) is 5.91 Å². The zero-order valence-corrected chi connectivity index (χ0v) is 17.4. The molecular formula is C21H27N3O3S. The van der Waals surface area contributed by atoms with Crippen molar-refractivity contribution in [2.75, 3.05) is 24.7 Å². The van der Waals surface area contributed by atoms with Crippen LogP contribution in [0.1, 0.15) is 33.2 Å². The van der Waals surface area contributed by atoms with Gasteiger partial charge in [-0.3, -0.25) is 9.69 Å². The molecule has 2 aliphatic heterocycles. The Kier molecular flexibility index (Phi) is 5.04. The van der Waals surface area contributed by atoms with Gasteiger partial charge >= 0.3 is 6.09 Å². The van der Waals surface area contributed by atoms with Crippen molar-refractivity contribution in [1.29, 1.82) is 0 Å². The van der Waals surface area contributed by atoms with Crippen molar-refractivity contribution in [1.82, 2.24) is 14.4 Å². The van der Waals surface area contributed by atoms with E-state index >= 15 is 0 Å². The van der Waals surface area contributed by atoms with E-state index in [2.05, 4.69) is 29.1 Å². The van der Waals surface area contributed by atoms with Gasteiger partial charge < -0.3 is 14.2 Å². The van der Waals surface area contributed by atoms with E-state index in [4.69, 9.17) is 4.74 Å². The highest BCUT2D eigenvalue weighted by atomic mass is 32.2. The van der Waals surface area contributed by atoms with Crippen LogP contribution in [0, 0.1) is 0 Å². The molecule has 1 aromatic carbocycles. The lowest BCUT2D eigenvalue weighted by Gasteiger charge is -2.29. The van der Waals surface area contributed by atoms with Crippen LogP contribution in [0.25, 0.3) is 10.8 Å². The number of carbonyl (C=O) groups is 2. The Morgan fingerprint density at radius 3 is 2.39 bits per heavy atom. The number of ether oxygens (including phenoxy) is 1. The molecule has 7 heteroatoms. The number of benzene rings is 1. The van der Waals surface area contributed by atoms with Crippen LogP contribution in [0.15, 0.2) is 36.7 Å². The molecule has 2 saturated heterocycles.